The van der Waals surface area contributed by atoms with Crippen molar-refractivity contribution in [2.45, 2.75) is 4.90 Å². The van der Waals surface area contributed by atoms with Crippen molar-refractivity contribution < 1.29 is 0 Å². The van der Waals surface area contributed by atoms with Gasteiger partial charge >= 0.3 is 0 Å². The average Bonchev–Trinajstić information content (AvgIpc) is 2.06. The van der Waals surface area contributed by atoms with Crippen LogP contribution in [0.5, 0.6) is 0 Å². The molecule has 11 heavy (non-hydrogen) atoms. The van der Waals surface area contributed by atoms with Gasteiger partial charge in [-0.2, -0.15) is 0 Å². The Balaban J connectivity index is 2.65. The van der Waals surface area contributed by atoms with E-state index in [2.05, 4.69) is 25.3 Å². The lowest BCUT2D eigenvalue weighted by atomic mass is 10.4. The minimum absolute atomic E-state index is 0.983. The van der Waals surface area contributed by atoms with E-state index in [1.54, 1.807) is 17.8 Å². The summed E-state index contributed by atoms with van der Waals surface area (Å²) in [7, 11) is 0. The normalized spacial score (nSPS) is 9.09. The van der Waals surface area contributed by atoms with Gasteiger partial charge in [-0.15, -0.1) is 0 Å². The Morgan fingerprint density at radius 1 is 1.27 bits per heavy atom. The molecule has 0 saturated heterocycles. The Labute approximate surface area is 71.6 Å². The molecule has 1 aromatic rings. The fourth-order valence-electron chi connectivity index (χ4n) is 0.682. The second-order valence-corrected chi connectivity index (χ2v) is 3.29. The van der Waals surface area contributed by atoms with E-state index in [0.29, 0.717) is 0 Å². The van der Waals surface area contributed by atoms with Gasteiger partial charge in [-0.05, 0) is 12.1 Å². The average molecular weight is 162 g/mol. The van der Waals surface area contributed by atoms with Crippen LogP contribution < -0.4 is 0 Å². The number of rotatable bonds is 3. The molecule has 1 aromatic carbocycles. The highest BCUT2D eigenvalue weighted by molar-refractivity contribution is 8.03. The van der Waals surface area contributed by atoms with E-state index < -0.39 is 0 Å². The fourth-order valence-corrected chi connectivity index (χ4v) is 1.36. The maximum absolute atomic E-state index is 3.81. The second kappa shape index (κ2) is 4.04. The van der Waals surface area contributed by atoms with E-state index >= 15 is 0 Å². The van der Waals surface area contributed by atoms with E-state index in [1.165, 1.54) is 4.90 Å². The Morgan fingerprint density at radius 3 is 2.45 bits per heavy atom. The van der Waals surface area contributed by atoms with Crippen molar-refractivity contribution in [3.05, 3.63) is 54.5 Å². The molecule has 0 N–H and O–H groups in total. The first-order chi connectivity index (χ1) is 5.33. The van der Waals surface area contributed by atoms with E-state index in [4.69, 9.17) is 0 Å². The van der Waals surface area contributed by atoms with Crippen molar-refractivity contribution in [2.75, 3.05) is 0 Å². The molecule has 0 atom stereocenters. The third kappa shape index (κ3) is 2.64. The maximum atomic E-state index is 3.81. The molecule has 0 fully saturated rings. The number of benzene rings is 1. The topological polar surface area (TPSA) is 0 Å². The van der Waals surface area contributed by atoms with Crippen molar-refractivity contribution >= 4 is 11.8 Å². The zero-order valence-corrected chi connectivity index (χ0v) is 7.10. The van der Waals surface area contributed by atoms with Crippen molar-refractivity contribution in [3.63, 3.8) is 0 Å². The first-order valence-corrected chi connectivity index (χ1v) is 4.19. The van der Waals surface area contributed by atoms with Crippen molar-refractivity contribution in [1.29, 1.82) is 0 Å². The lowest BCUT2D eigenvalue weighted by Crippen LogP contribution is -1.68. The van der Waals surface area contributed by atoms with Gasteiger partial charge in [0.25, 0.3) is 0 Å². The SMILES string of the molecule is C=CC(=C)Sc1ccccc1. The van der Waals surface area contributed by atoms with Gasteiger partial charge in [0.1, 0.15) is 0 Å². The molecule has 56 valence electrons. The summed E-state index contributed by atoms with van der Waals surface area (Å²) >= 11 is 1.63. The van der Waals surface area contributed by atoms with E-state index in [9.17, 15) is 0 Å². The first kappa shape index (κ1) is 8.15. The molecule has 0 unspecified atom stereocenters. The van der Waals surface area contributed by atoms with Crippen LogP contribution in [0.15, 0.2) is 59.4 Å². The fraction of sp³-hybridized carbons (Fsp3) is 0. The molecule has 0 aromatic heterocycles. The summed E-state index contributed by atoms with van der Waals surface area (Å²) in [4.78, 5) is 2.19. The van der Waals surface area contributed by atoms with Gasteiger partial charge in [0.15, 0.2) is 0 Å². The number of allylic oxidation sites excluding steroid dienone is 1. The summed E-state index contributed by atoms with van der Waals surface area (Å²) in [6.07, 6.45) is 1.76. The summed E-state index contributed by atoms with van der Waals surface area (Å²) in [5.74, 6) is 0. The quantitative estimate of drug-likeness (QED) is 0.484. The molecule has 0 aliphatic heterocycles. The van der Waals surface area contributed by atoms with Crippen LogP contribution in [0.3, 0.4) is 0 Å². The van der Waals surface area contributed by atoms with Crippen LogP contribution in [0.2, 0.25) is 0 Å². The van der Waals surface area contributed by atoms with Gasteiger partial charge in [0, 0.05) is 9.80 Å². The number of hydrogen-bond donors (Lipinski definition) is 0. The van der Waals surface area contributed by atoms with Crippen LogP contribution in [0.25, 0.3) is 0 Å². The van der Waals surface area contributed by atoms with Gasteiger partial charge in [0.05, 0.1) is 0 Å². The minimum atomic E-state index is 0.983. The largest absolute Gasteiger partial charge is 0.0980 e. The van der Waals surface area contributed by atoms with Gasteiger partial charge in [-0.25, -0.2) is 0 Å². The third-order valence-corrected chi connectivity index (χ3v) is 2.16. The molecule has 0 spiro atoms. The van der Waals surface area contributed by atoms with E-state index in [-0.39, 0.29) is 0 Å². The summed E-state index contributed by atoms with van der Waals surface area (Å²) in [6.45, 7) is 7.45. The predicted molar refractivity (Wildman–Crippen MR) is 51.6 cm³/mol. The highest BCUT2D eigenvalue weighted by Crippen LogP contribution is 2.24. The summed E-state index contributed by atoms with van der Waals surface area (Å²) in [5.41, 5.74) is 0. The van der Waals surface area contributed by atoms with Crippen LogP contribution in [0, 0.1) is 0 Å². The van der Waals surface area contributed by atoms with E-state index in [0.717, 1.165) is 4.91 Å². The van der Waals surface area contributed by atoms with Gasteiger partial charge in [-0.3, -0.25) is 0 Å². The number of thioether (sulfide) groups is 1. The Bertz CT molecular complexity index is 249. The summed E-state index contributed by atoms with van der Waals surface area (Å²) in [5, 5.41) is 0. The molecule has 0 saturated carbocycles. The summed E-state index contributed by atoms with van der Waals surface area (Å²) in [6, 6.07) is 10.1. The van der Waals surface area contributed by atoms with Gasteiger partial charge < -0.3 is 0 Å². The molecular weight excluding hydrogens is 152 g/mol. The number of hydrogen-bond acceptors (Lipinski definition) is 1. The van der Waals surface area contributed by atoms with Crippen LogP contribution in [-0.2, 0) is 0 Å². The van der Waals surface area contributed by atoms with Crippen molar-refractivity contribution in [2.24, 2.45) is 0 Å². The lowest BCUT2D eigenvalue weighted by molar-refractivity contribution is 1.47. The zero-order valence-electron chi connectivity index (χ0n) is 6.29. The van der Waals surface area contributed by atoms with E-state index in [1.807, 2.05) is 18.2 Å². The minimum Gasteiger partial charge on any atom is -0.0980 e. The highest BCUT2D eigenvalue weighted by Gasteiger charge is 1.91. The Kier molecular flexibility index (Phi) is 2.99. The molecule has 0 nitrogen and oxygen atoms in total. The van der Waals surface area contributed by atoms with Crippen LogP contribution in [-0.4, -0.2) is 0 Å². The monoisotopic (exact) mass is 162 g/mol. The molecular formula is C10H10S. The molecule has 0 aliphatic carbocycles. The third-order valence-electron chi connectivity index (χ3n) is 1.22. The maximum Gasteiger partial charge on any atom is 0.0122 e. The molecule has 0 radical (unpaired) electrons. The van der Waals surface area contributed by atoms with Crippen molar-refractivity contribution in [1.82, 2.24) is 0 Å². The molecule has 0 bridgehead atoms. The molecule has 0 amide bonds. The van der Waals surface area contributed by atoms with Crippen LogP contribution in [0.1, 0.15) is 0 Å². The van der Waals surface area contributed by atoms with Gasteiger partial charge in [-0.1, -0.05) is 49.2 Å². The standard InChI is InChI=1S/C10H10S/c1-3-9(2)11-10-7-5-4-6-8-10/h3-8H,1-2H2. The summed E-state index contributed by atoms with van der Waals surface area (Å²) < 4.78 is 0. The molecule has 0 aliphatic rings. The smallest absolute Gasteiger partial charge is 0.0122 e. The molecule has 0 heterocycles. The molecule has 1 heteroatoms. The Morgan fingerprint density at radius 2 is 1.91 bits per heavy atom. The lowest BCUT2D eigenvalue weighted by Gasteiger charge is -1.97. The van der Waals surface area contributed by atoms with Crippen molar-refractivity contribution in [3.8, 4) is 0 Å². The second-order valence-electron chi connectivity index (χ2n) is 2.09. The zero-order chi connectivity index (χ0) is 8.10. The first-order valence-electron chi connectivity index (χ1n) is 3.37. The highest BCUT2D eigenvalue weighted by atomic mass is 32.2. The van der Waals surface area contributed by atoms with Crippen LogP contribution >= 0.6 is 11.8 Å². The van der Waals surface area contributed by atoms with Crippen LogP contribution in [0.4, 0.5) is 0 Å². The Hall–Kier alpha value is -0.950. The molecule has 1 rings (SSSR count). The van der Waals surface area contributed by atoms with Gasteiger partial charge in [0.2, 0.25) is 0 Å². The predicted octanol–water partition coefficient (Wildman–Crippen LogP) is 3.48.